The summed E-state index contributed by atoms with van der Waals surface area (Å²) in [5, 5.41) is 21.8. The number of amides is 4. The third kappa shape index (κ3) is 8.97. The smallest absolute Gasteiger partial charge is 0.318 e. The third-order valence-electron chi connectivity index (χ3n) is 10.7. The summed E-state index contributed by atoms with van der Waals surface area (Å²) in [6.07, 6.45) is 6.83. The van der Waals surface area contributed by atoms with Gasteiger partial charge in [-0.05, 0) is 73.6 Å². The van der Waals surface area contributed by atoms with Crippen molar-refractivity contribution >= 4 is 17.8 Å². The number of carbonyl (C=O) groups excluding carboxylic acids is 3. The molecule has 5 aromatic rings. The molecule has 14 heteroatoms. The maximum atomic E-state index is 14.2. The lowest BCUT2D eigenvalue weighted by Crippen LogP contribution is -2.48. The first kappa shape index (κ1) is 39.9. The highest BCUT2D eigenvalue weighted by Crippen LogP contribution is 2.35. The maximum Gasteiger partial charge on any atom is 0.318 e. The first-order chi connectivity index (χ1) is 28.2. The minimum absolute atomic E-state index is 0.0294. The normalized spacial score (nSPS) is 17.4. The van der Waals surface area contributed by atoms with Crippen molar-refractivity contribution in [1.82, 2.24) is 40.0 Å². The molecule has 14 nitrogen and oxygen atoms in total. The van der Waals surface area contributed by atoms with Gasteiger partial charge in [-0.3, -0.25) is 9.59 Å². The fraction of sp³-hybridized carbons (Fsp3) is 0.341. The highest BCUT2D eigenvalue weighted by molar-refractivity contribution is 5.88. The maximum absolute atomic E-state index is 14.2. The number of aromatic nitrogens is 4. The van der Waals surface area contributed by atoms with E-state index < -0.39 is 18.1 Å². The second-order valence-electron chi connectivity index (χ2n) is 14.7. The Morgan fingerprint density at radius 2 is 1.26 bits per heavy atom. The molecule has 2 aliphatic heterocycles. The number of nitrogens with two attached hydrogens (primary N) is 1. The molecular weight excluding hydrogens is 735 g/mol. The van der Waals surface area contributed by atoms with Crippen molar-refractivity contribution in [3.8, 4) is 34.4 Å². The lowest BCUT2D eigenvalue weighted by molar-refractivity contribution is -0.134. The summed E-state index contributed by atoms with van der Waals surface area (Å²) in [6.45, 7) is 2.43. The van der Waals surface area contributed by atoms with Crippen molar-refractivity contribution in [3.05, 3.63) is 120 Å². The Morgan fingerprint density at radius 3 is 1.72 bits per heavy atom. The van der Waals surface area contributed by atoms with Crippen LogP contribution in [0.3, 0.4) is 0 Å². The van der Waals surface area contributed by atoms with E-state index in [1.807, 2.05) is 71.6 Å². The topological polar surface area (TPSA) is 197 Å². The SMILES string of the molecule is CC(N)C(=O)N1CCC[C@H]1c1ncc(-c2ccc(C#Cc3ccc(-c4cnc([C@@H]5CCCN5C(=O)[C@H](NC(=O)N(CCO)CCO)c5ccccc5)[nH]4)cc3)cc2)[nH]1. The predicted molar refractivity (Wildman–Crippen MR) is 219 cm³/mol. The van der Waals surface area contributed by atoms with E-state index in [4.69, 9.17) is 5.73 Å². The van der Waals surface area contributed by atoms with Crippen LogP contribution in [-0.2, 0) is 9.59 Å². The summed E-state index contributed by atoms with van der Waals surface area (Å²) in [4.78, 5) is 61.0. The van der Waals surface area contributed by atoms with Crippen LogP contribution in [0.5, 0.6) is 0 Å². The molecule has 4 atom stereocenters. The molecule has 2 saturated heterocycles. The molecule has 0 bridgehead atoms. The molecule has 58 heavy (non-hydrogen) atoms. The number of aromatic amines is 2. The van der Waals surface area contributed by atoms with E-state index in [1.54, 1.807) is 36.4 Å². The molecule has 0 aliphatic carbocycles. The molecule has 7 N–H and O–H groups in total. The van der Waals surface area contributed by atoms with Gasteiger partial charge >= 0.3 is 6.03 Å². The van der Waals surface area contributed by atoms with E-state index in [0.29, 0.717) is 30.9 Å². The number of aliphatic hydroxyl groups excluding tert-OH is 2. The van der Waals surface area contributed by atoms with Crippen LogP contribution < -0.4 is 11.1 Å². The largest absolute Gasteiger partial charge is 0.395 e. The van der Waals surface area contributed by atoms with Crippen molar-refractivity contribution < 1.29 is 24.6 Å². The summed E-state index contributed by atoms with van der Waals surface area (Å²) < 4.78 is 0. The van der Waals surface area contributed by atoms with Gasteiger partial charge in [-0.15, -0.1) is 0 Å². The van der Waals surface area contributed by atoms with Crippen LogP contribution in [0, 0.1) is 11.8 Å². The molecule has 2 fully saturated rings. The second kappa shape index (κ2) is 18.3. The molecule has 2 aromatic heterocycles. The van der Waals surface area contributed by atoms with Crippen molar-refractivity contribution in [3.63, 3.8) is 0 Å². The van der Waals surface area contributed by atoms with Crippen molar-refractivity contribution in [2.45, 2.75) is 56.8 Å². The van der Waals surface area contributed by atoms with Crippen LogP contribution >= 0.6 is 0 Å². The van der Waals surface area contributed by atoms with Gasteiger partial charge in [0.15, 0.2) is 0 Å². The van der Waals surface area contributed by atoms with E-state index in [-0.39, 0.29) is 50.2 Å². The molecule has 0 spiro atoms. The highest BCUT2D eigenvalue weighted by Gasteiger charge is 2.37. The van der Waals surface area contributed by atoms with Crippen molar-refractivity contribution in [2.75, 3.05) is 39.4 Å². The molecule has 0 saturated carbocycles. The molecule has 3 aromatic carbocycles. The average Bonchev–Trinajstić information content (AvgIpc) is 4.09. The van der Waals surface area contributed by atoms with Crippen LogP contribution in [0.2, 0.25) is 0 Å². The average molecular weight is 784 g/mol. The van der Waals surface area contributed by atoms with Gasteiger partial charge in [0.25, 0.3) is 0 Å². The number of carbonyl (C=O) groups is 3. The van der Waals surface area contributed by atoms with E-state index in [9.17, 15) is 24.6 Å². The summed E-state index contributed by atoms with van der Waals surface area (Å²) in [6, 6.07) is 22.4. The van der Waals surface area contributed by atoms with Gasteiger partial charge in [0, 0.05) is 37.3 Å². The number of nitrogens with one attached hydrogen (secondary N) is 3. The molecule has 4 heterocycles. The minimum atomic E-state index is -0.965. The molecule has 0 radical (unpaired) electrons. The monoisotopic (exact) mass is 783 g/mol. The summed E-state index contributed by atoms with van der Waals surface area (Å²) in [7, 11) is 0. The van der Waals surface area contributed by atoms with E-state index in [2.05, 4.69) is 37.1 Å². The number of H-pyrrole nitrogens is 2. The van der Waals surface area contributed by atoms with Gasteiger partial charge < -0.3 is 45.9 Å². The molecule has 4 amide bonds. The molecule has 1 unspecified atom stereocenters. The fourth-order valence-electron chi connectivity index (χ4n) is 7.68. The Labute approximate surface area is 337 Å². The zero-order valence-corrected chi connectivity index (χ0v) is 32.5. The van der Waals surface area contributed by atoms with Gasteiger partial charge in [0.05, 0.1) is 55.1 Å². The molecule has 7 rings (SSSR count). The Hall–Kier alpha value is -6.27. The number of likely N-dealkylation sites (tertiary alicyclic amines) is 2. The quantitative estimate of drug-likeness (QED) is 0.101. The predicted octanol–water partition coefficient (Wildman–Crippen LogP) is 4.28. The van der Waals surface area contributed by atoms with Crippen LogP contribution in [0.25, 0.3) is 22.5 Å². The summed E-state index contributed by atoms with van der Waals surface area (Å²) >= 11 is 0. The third-order valence-corrected chi connectivity index (χ3v) is 10.7. The molecular formula is C44H49N9O5. The summed E-state index contributed by atoms with van der Waals surface area (Å²) in [5.41, 5.74) is 11.8. The van der Waals surface area contributed by atoms with Crippen LogP contribution in [-0.4, -0.2) is 108 Å². The number of benzene rings is 3. The van der Waals surface area contributed by atoms with Crippen LogP contribution in [0.1, 0.15) is 79.1 Å². The zero-order chi connectivity index (χ0) is 40.6. The second-order valence-corrected chi connectivity index (χ2v) is 14.7. The number of nitrogens with zero attached hydrogens (tertiary/aromatic N) is 5. The van der Waals surface area contributed by atoms with Gasteiger partial charge in [0.2, 0.25) is 11.8 Å². The number of urea groups is 1. The van der Waals surface area contributed by atoms with Crippen LogP contribution in [0.4, 0.5) is 4.79 Å². The number of rotatable bonds is 12. The van der Waals surface area contributed by atoms with Gasteiger partial charge in [-0.25, -0.2) is 14.8 Å². The number of imidazole rings is 2. The van der Waals surface area contributed by atoms with Gasteiger partial charge in [-0.2, -0.15) is 0 Å². The van der Waals surface area contributed by atoms with Gasteiger partial charge in [0.1, 0.15) is 17.7 Å². The van der Waals surface area contributed by atoms with E-state index in [1.165, 1.54) is 4.90 Å². The Kier molecular flexibility index (Phi) is 12.6. The first-order valence-electron chi connectivity index (χ1n) is 19.8. The van der Waals surface area contributed by atoms with Crippen LogP contribution in [0.15, 0.2) is 91.3 Å². The fourth-order valence-corrected chi connectivity index (χ4v) is 7.68. The first-order valence-corrected chi connectivity index (χ1v) is 19.8. The molecule has 300 valence electrons. The highest BCUT2D eigenvalue weighted by atomic mass is 16.3. The van der Waals surface area contributed by atoms with Gasteiger partial charge in [-0.1, -0.05) is 66.4 Å². The number of aliphatic hydroxyl groups is 2. The zero-order valence-electron chi connectivity index (χ0n) is 32.5. The Bertz CT molecular complexity index is 2240. The van der Waals surface area contributed by atoms with E-state index >= 15 is 0 Å². The van der Waals surface area contributed by atoms with Crippen molar-refractivity contribution in [1.29, 1.82) is 0 Å². The number of hydrogen-bond donors (Lipinski definition) is 6. The Balaban J connectivity index is 0.995. The Morgan fingerprint density at radius 1 is 0.776 bits per heavy atom. The summed E-state index contributed by atoms with van der Waals surface area (Å²) in [5.74, 6) is 7.61. The minimum Gasteiger partial charge on any atom is -0.395 e. The number of hydrogen-bond acceptors (Lipinski definition) is 8. The lowest BCUT2D eigenvalue weighted by atomic mass is 10.0. The molecule has 2 aliphatic rings. The lowest BCUT2D eigenvalue weighted by Gasteiger charge is -2.30. The van der Waals surface area contributed by atoms with Crippen molar-refractivity contribution in [2.24, 2.45) is 5.73 Å². The standard InChI is InChI=1S/C44H49N9O5/c1-29(45)42(56)52-21-5-9-37(52)40-46-27-35(48-40)32-17-13-30(14-18-32)11-12-31-15-19-33(20-16-31)36-28-47-41(49-36)38-10-6-22-53(38)43(57)39(34-7-3-2-4-8-34)50-44(58)51(23-25-54)24-26-55/h2-4,7-8,13-20,27-29,37-39,54-55H,5-6,9-10,21-26,45H2,1H3,(H,46,48)(H,47,49)(H,50,58)/t29?,37-,38-,39+/m0/s1. The van der Waals surface area contributed by atoms with E-state index in [0.717, 1.165) is 58.7 Å².